The maximum absolute atomic E-state index is 12.9. The number of benzene rings is 1. The van der Waals surface area contributed by atoms with E-state index in [0.29, 0.717) is 12.1 Å². The first kappa shape index (κ1) is 20.0. The van der Waals surface area contributed by atoms with Crippen LogP contribution in [-0.4, -0.2) is 53.4 Å². The Morgan fingerprint density at radius 3 is 2.57 bits per heavy atom. The first-order chi connectivity index (χ1) is 13.2. The van der Waals surface area contributed by atoms with E-state index in [4.69, 9.17) is 0 Å². The van der Waals surface area contributed by atoms with Crippen molar-refractivity contribution in [1.29, 1.82) is 0 Å². The van der Waals surface area contributed by atoms with Crippen molar-refractivity contribution in [3.63, 3.8) is 0 Å². The second-order valence-corrected chi connectivity index (χ2v) is 7.28. The van der Waals surface area contributed by atoms with Crippen LogP contribution in [0, 0.1) is 0 Å². The van der Waals surface area contributed by atoms with E-state index >= 15 is 0 Å². The number of nitrogens with one attached hydrogen (secondary N) is 1. The second kappa shape index (κ2) is 7.73. The van der Waals surface area contributed by atoms with Gasteiger partial charge in [-0.1, -0.05) is 12.1 Å². The van der Waals surface area contributed by atoms with Crippen molar-refractivity contribution in [2.24, 2.45) is 0 Å². The van der Waals surface area contributed by atoms with Crippen molar-refractivity contribution >= 4 is 17.8 Å². The molecule has 0 aromatic heterocycles. The zero-order valence-electron chi connectivity index (χ0n) is 15.8. The summed E-state index contributed by atoms with van der Waals surface area (Å²) in [5.41, 5.74) is -0.970. The number of piperidine rings is 1. The van der Waals surface area contributed by atoms with E-state index in [0.717, 1.165) is 24.2 Å². The van der Waals surface area contributed by atoms with Crippen LogP contribution in [0.2, 0.25) is 0 Å². The molecule has 1 aromatic carbocycles. The van der Waals surface area contributed by atoms with Crippen LogP contribution in [0.3, 0.4) is 0 Å². The quantitative estimate of drug-likeness (QED) is 0.777. The topological polar surface area (TPSA) is 79.0 Å². The highest BCUT2D eigenvalue weighted by molar-refractivity contribution is 6.09. The molecule has 7 nitrogen and oxygen atoms in total. The summed E-state index contributed by atoms with van der Waals surface area (Å²) in [6, 6.07) is 4.90. The first-order valence-electron chi connectivity index (χ1n) is 9.21. The van der Waals surface area contributed by atoms with Crippen molar-refractivity contribution in [1.82, 2.24) is 15.1 Å². The number of imide groups is 1. The number of ether oxygens (including phenoxy) is 1. The third-order valence-electron chi connectivity index (χ3n) is 5.35. The maximum Gasteiger partial charge on any atom is 0.387 e. The minimum atomic E-state index is -2.95. The van der Waals surface area contributed by atoms with E-state index in [1.807, 2.05) is 6.92 Å². The van der Waals surface area contributed by atoms with Crippen LogP contribution in [0.15, 0.2) is 24.3 Å². The molecule has 0 unspecified atom stereocenters. The number of rotatable bonds is 5. The number of hydrogen-bond acceptors (Lipinski definition) is 4. The van der Waals surface area contributed by atoms with Crippen molar-refractivity contribution in [3.8, 4) is 5.75 Å². The highest BCUT2D eigenvalue weighted by atomic mass is 19.3. The zero-order chi connectivity index (χ0) is 20.5. The van der Waals surface area contributed by atoms with Crippen molar-refractivity contribution < 1.29 is 27.9 Å². The Bertz CT molecular complexity index is 771. The Morgan fingerprint density at radius 2 is 1.96 bits per heavy atom. The van der Waals surface area contributed by atoms with Crippen LogP contribution in [0.1, 0.15) is 38.7 Å². The molecule has 2 fully saturated rings. The van der Waals surface area contributed by atoms with Gasteiger partial charge < -0.3 is 15.0 Å². The summed E-state index contributed by atoms with van der Waals surface area (Å²) in [7, 11) is 0. The SMILES string of the molecule is C[C@@H]1CCCCN1C(=O)CN1C(=O)N[C@@](C)(c2ccc(OC(F)F)cc2)C1=O. The number of halogens is 2. The van der Waals surface area contributed by atoms with Gasteiger partial charge in [-0.15, -0.1) is 0 Å². The molecule has 3 rings (SSSR count). The summed E-state index contributed by atoms with van der Waals surface area (Å²) in [6.07, 6.45) is 2.86. The largest absolute Gasteiger partial charge is 0.435 e. The highest BCUT2D eigenvalue weighted by Crippen LogP contribution is 2.30. The maximum atomic E-state index is 12.9. The Hall–Kier alpha value is -2.71. The molecule has 0 aliphatic carbocycles. The molecule has 9 heteroatoms. The van der Waals surface area contributed by atoms with Crippen LogP contribution in [0.4, 0.5) is 13.6 Å². The van der Waals surface area contributed by atoms with Gasteiger partial charge in [0.1, 0.15) is 17.8 Å². The number of carbonyl (C=O) groups excluding carboxylic acids is 3. The van der Waals surface area contributed by atoms with Crippen molar-refractivity contribution in [3.05, 3.63) is 29.8 Å². The van der Waals surface area contributed by atoms with Gasteiger partial charge in [0.2, 0.25) is 5.91 Å². The summed E-state index contributed by atoms with van der Waals surface area (Å²) in [5, 5.41) is 2.60. The molecule has 152 valence electrons. The van der Waals surface area contributed by atoms with E-state index in [9.17, 15) is 23.2 Å². The molecule has 0 radical (unpaired) electrons. The van der Waals surface area contributed by atoms with Crippen molar-refractivity contribution in [2.75, 3.05) is 13.1 Å². The number of nitrogens with zero attached hydrogens (tertiary/aromatic N) is 2. The van der Waals surface area contributed by atoms with Gasteiger partial charge >= 0.3 is 12.6 Å². The fraction of sp³-hybridized carbons (Fsp3) is 0.526. The smallest absolute Gasteiger partial charge is 0.387 e. The predicted octanol–water partition coefficient (Wildman–Crippen LogP) is 2.46. The van der Waals surface area contributed by atoms with E-state index in [1.54, 1.807) is 4.90 Å². The number of carbonyl (C=O) groups is 3. The summed E-state index contributed by atoms with van der Waals surface area (Å²) in [5.74, 6) is -0.871. The number of amides is 4. The zero-order valence-corrected chi connectivity index (χ0v) is 15.8. The van der Waals surface area contributed by atoms with Crippen LogP contribution in [0.25, 0.3) is 0 Å². The molecular weight excluding hydrogens is 372 g/mol. The van der Waals surface area contributed by atoms with Crippen molar-refractivity contribution in [2.45, 2.75) is 51.3 Å². The molecule has 1 aromatic rings. The Labute approximate surface area is 161 Å². The molecule has 4 amide bonds. The second-order valence-electron chi connectivity index (χ2n) is 7.28. The lowest BCUT2D eigenvalue weighted by Gasteiger charge is -2.34. The third-order valence-corrected chi connectivity index (χ3v) is 5.35. The van der Waals surface area contributed by atoms with Crippen LogP contribution in [0.5, 0.6) is 5.75 Å². The summed E-state index contributed by atoms with van der Waals surface area (Å²) < 4.78 is 28.9. The lowest BCUT2D eigenvalue weighted by atomic mass is 9.92. The van der Waals surface area contributed by atoms with Gasteiger partial charge in [0.05, 0.1) is 0 Å². The minimum absolute atomic E-state index is 0.0507. The predicted molar refractivity (Wildman–Crippen MR) is 95.7 cm³/mol. The van der Waals surface area contributed by atoms with Gasteiger partial charge in [0.15, 0.2) is 0 Å². The highest BCUT2D eigenvalue weighted by Gasteiger charge is 2.49. The molecule has 0 bridgehead atoms. The van der Waals surface area contributed by atoms with Gasteiger partial charge in [-0.3, -0.25) is 14.5 Å². The number of alkyl halides is 2. The van der Waals surface area contributed by atoms with Gasteiger partial charge in [-0.05, 0) is 50.8 Å². The van der Waals surface area contributed by atoms with E-state index < -0.39 is 24.1 Å². The first-order valence-corrected chi connectivity index (χ1v) is 9.21. The molecule has 2 saturated heterocycles. The van der Waals surface area contributed by atoms with E-state index in [-0.39, 0.29) is 24.2 Å². The molecule has 2 aliphatic heterocycles. The van der Waals surface area contributed by atoms with Gasteiger partial charge in [0.25, 0.3) is 5.91 Å². The third kappa shape index (κ3) is 3.79. The van der Waals surface area contributed by atoms with E-state index in [2.05, 4.69) is 10.1 Å². The van der Waals surface area contributed by atoms with Gasteiger partial charge in [-0.2, -0.15) is 8.78 Å². The Kier molecular flexibility index (Phi) is 5.53. The lowest BCUT2D eigenvalue weighted by Crippen LogP contribution is -2.48. The molecule has 2 heterocycles. The number of hydrogen-bond donors (Lipinski definition) is 1. The normalized spacial score (nSPS) is 25.2. The summed E-state index contributed by atoms with van der Waals surface area (Å²) in [6.45, 7) is 0.817. The average molecular weight is 395 g/mol. The summed E-state index contributed by atoms with van der Waals surface area (Å²) in [4.78, 5) is 40.5. The molecule has 0 saturated carbocycles. The van der Waals surface area contributed by atoms with Crippen LogP contribution >= 0.6 is 0 Å². The molecule has 2 atom stereocenters. The molecule has 0 spiro atoms. The van der Waals surface area contributed by atoms with Gasteiger partial charge in [0, 0.05) is 12.6 Å². The van der Waals surface area contributed by atoms with Crippen LogP contribution < -0.4 is 10.1 Å². The monoisotopic (exact) mass is 395 g/mol. The average Bonchev–Trinajstić information content (AvgIpc) is 2.86. The molecule has 2 aliphatic rings. The molecule has 1 N–H and O–H groups in total. The van der Waals surface area contributed by atoms with Gasteiger partial charge in [-0.25, -0.2) is 4.79 Å². The fourth-order valence-electron chi connectivity index (χ4n) is 3.70. The number of likely N-dealkylation sites (tertiary alicyclic amines) is 1. The molecule has 28 heavy (non-hydrogen) atoms. The minimum Gasteiger partial charge on any atom is -0.435 e. The Balaban J connectivity index is 1.74. The fourth-order valence-corrected chi connectivity index (χ4v) is 3.70. The standard InChI is InChI=1S/C19H23F2N3O4/c1-12-5-3-4-10-23(12)15(25)11-24-16(26)19(2,22-18(24)27)13-6-8-14(9-7-13)28-17(20)21/h6-9,12,17H,3-5,10-11H2,1-2H3,(H,22,27)/t12-,19+/m1/s1. The number of urea groups is 1. The van der Waals surface area contributed by atoms with E-state index in [1.165, 1.54) is 31.2 Å². The summed E-state index contributed by atoms with van der Waals surface area (Å²) >= 11 is 0. The molecular formula is C19H23F2N3O4. The lowest BCUT2D eigenvalue weighted by molar-refractivity contribution is -0.140. The van der Waals surface area contributed by atoms with Crippen LogP contribution in [-0.2, 0) is 15.1 Å². The Morgan fingerprint density at radius 1 is 1.29 bits per heavy atom.